The maximum absolute atomic E-state index is 13.0. The molecule has 1 aliphatic heterocycles. The Balaban J connectivity index is 1.93. The number of halogens is 1. The Hall–Kier alpha value is -1.62. The summed E-state index contributed by atoms with van der Waals surface area (Å²) in [5.74, 6) is 0. The monoisotopic (exact) mass is 248 g/mol. The average molecular weight is 248 g/mol. The molecule has 3 rings (SSSR count). The Bertz CT molecular complexity index is 539. The molecule has 18 heavy (non-hydrogen) atoms. The van der Waals surface area contributed by atoms with Crippen LogP contribution in [0.25, 0.3) is 11.0 Å². The van der Waals surface area contributed by atoms with Gasteiger partial charge < -0.3 is 9.88 Å². The lowest BCUT2D eigenvalue weighted by Crippen LogP contribution is -2.52. The van der Waals surface area contributed by atoms with Crippen LogP contribution in [0.2, 0.25) is 0 Å². The molecule has 0 spiro atoms. The number of fused-ring (bicyclic) bond motifs is 1. The quantitative estimate of drug-likeness (QED) is 0.877. The summed E-state index contributed by atoms with van der Waals surface area (Å²) in [5.41, 5.74) is 3.10. The molecule has 96 valence electrons. The van der Waals surface area contributed by atoms with Gasteiger partial charge in [-0.3, -0.25) is 4.90 Å². The summed E-state index contributed by atoms with van der Waals surface area (Å²) in [6.45, 7) is 2.22. The molecule has 1 aromatic carbocycles. The maximum atomic E-state index is 13.0. The van der Waals surface area contributed by atoms with Gasteiger partial charge in [0.2, 0.25) is 0 Å². The van der Waals surface area contributed by atoms with Gasteiger partial charge in [-0.1, -0.05) is 6.07 Å². The molecule has 1 aliphatic rings. The average Bonchev–Trinajstić information content (AvgIpc) is 2.87. The largest absolute Gasteiger partial charge is 0.367 e. The third-order valence-corrected chi connectivity index (χ3v) is 3.72. The highest BCUT2D eigenvalue weighted by atomic mass is 19.1. The van der Waals surface area contributed by atoms with Crippen LogP contribution in [0, 0.1) is 0 Å². The summed E-state index contributed by atoms with van der Waals surface area (Å²) >= 11 is 0. The van der Waals surface area contributed by atoms with Crippen LogP contribution in [-0.4, -0.2) is 54.3 Å². The smallest absolute Gasteiger partial charge is 0.112 e. The van der Waals surface area contributed by atoms with E-state index in [1.54, 1.807) is 6.33 Å². The fourth-order valence-corrected chi connectivity index (χ4v) is 2.54. The number of H-pyrrole nitrogens is 1. The van der Waals surface area contributed by atoms with Gasteiger partial charge >= 0.3 is 0 Å². The van der Waals surface area contributed by atoms with Crippen molar-refractivity contribution in [3.8, 4) is 0 Å². The molecule has 2 heterocycles. The van der Waals surface area contributed by atoms with Crippen LogP contribution < -0.4 is 4.90 Å². The standard InChI is InChI=1S/C13H17FN4/c1-17-5-6-18(8-10(17)7-14)12-4-2-3-11-13(12)16-9-15-11/h2-4,9-10H,5-8H2,1H3,(H,15,16). The van der Waals surface area contributed by atoms with Crippen molar-refractivity contribution in [3.63, 3.8) is 0 Å². The molecule has 0 radical (unpaired) electrons. The molecule has 1 fully saturated rings. The third kappa shape index (κ3) is 1.84. The number of para-hydroxylation sites is 1. The van der Waals surface area contributed by atoms with Gasteiger partial charge in [0.25, 0.3) is 0 Å². The highest BCUT2D eigenvalue weighted by Gasteiger charge is 2.25. The van der Waals surface area contributed by atoms with Crippen molar-refractivity contribution in [1.82, 2.24) is 14.9 Å². The summed E-state index contributed by atoms with van der Waals surface area (Å²) in [5, 5.41) is 0. The lowest BCUT2D eigenvalue weighted by atomic mass is 10.1. The second-order valence-electron chi connectivity index (χ2n) is 4.81. The highest BCUT2D eigenvalue weighted by Crippen LogP contribution is 2.26. The maximum Gasteiger partial charge on any atom is 0.112 e. The minimum atomic E-state index is -0.302. The van der Waals surface area contributed by atoms with Crippen LogP contribution in [-0.2, 0) is 0 Å². The molecule has 0 amide bonds. The van der Waals surface area contributed by atoms with E-state index < -0.39 is 0 Å². The normalized spacial score (nSPS) is 21.7. The highest BCUT2D eigenvalue weighted by molar-refractivity contribution is 5.88. The molecule has 0 saturated carbocycles. The lowest BCUT2D eigenvalue weighted by molar-refractivity contribution is 0.183. The summed E-state index contributed by atoms with van der Waals surface area (Å²) in [6.07, 6.45) is 1.71. The van der Waals surface area contributed by atoms with Crippen molar-refractivity contribution in [2.24, 2.45) is 0 Å². The number of piperazine rings is 1. The summed E-state index contributed by atoms with van der Waals surface area (Å²) in [6, 6.07) is 6.06. The Morgan fingerprint density at radius 3 is 3.17 bits per heavy atom. The van der Waals surface area contributed by atoms with Crippen molar-refractivity contribution in [1.29, 1.82) is 0 Å². The Morgan fingerprint density at radius 1 is 1.44 bits per heavy atom. The number of nitrogens with zero attached hydrogens (tertiary/aromatic N) is 3. The number of alkyl halides is 1. The summed E-state index contributed by atoms with van der Waals surface area (Å²) < 4.78 is 13.0. The van der Waals surface area contributed by atoms with Crippen molar-refractivity contribution in [2.45, 2.75) is 6.04 Å². The number of likely N-dealkylation sites (N-methyl/N-ethyl adjacent to an activating group) is 1. The minimum absolute atomic E-state index is 0.0204. The molecule has 2 aromatic rings. The zero-order chi connectivity index (χ0) is 12.5. The second kappa shape index (κ2) is 4.57. The summed E-state index contributed by atoms with van der Waals surface area (Å²) in [7, 11) is 1.98. The first-order valence-corrected chi connectivity index (χ1v) is 6.23. The van der Waals surface area contributed by atoms with Crippen LogP contribution in [0.5, 0.6) is 0 Å². The number of hydrogen-bond acceptors (Lipinski definition) is 3. The van der Waals surface area contributed by atoms with Crippen molar-refractivity contribution in [3.05, 3.63) is 24.5 Å². The SMILES string of the molecule is CN1CCN(c2cccc3[nH]cnc23)CC1CF. The van der Waals surface area contributed by atoms with Crippen molar-refractivity contribution in [2.75, 3.05) is 38.3 Å². The Morgan fingerprint density at radius 2 is 2.33 bits per heavy atom. The first-order chi connectivity index (χ1) is 8.79. The van der Waals surface area contributed by atoms with E-state index in [4.69, 9.17) is 0 Å². The van der Waals surface area contributed by atoms with Gasteiger partial charge in [0.15, 0.2) is 0 Å². The fourth-order valence-electron chi connectivity index (χ4n) is 2.54. The van der Waals surface area contributed by atoms with Gasteiger partial charge in [-0.15, -0.1) is 0 Å². The molecule has 1 saturated heterocycles. The van der Waals surface area contributed by atoms with Gasteiger partial charge in [0, 0.05) is 19.6 Å². The van der Waals surface area contributed by atoms with Crippen LogP contribution in [0.15, 0.2) is 24.5 Å². The molecule has 1 aromatic heterocycles. The van der Waals surface area contributed by atoms with E-state index in [9.17, 15) is 4.39 Å². The van der Waals surface area contributed by atoms with E-state index in [-0.39, 0.29) is 12.7 Å². The zero-order valence-electron chi connectivity index (χ0n) is 10.4. The number of hydrogen-bond donors (Lipinski definition) is 1. The van der Waals surface area contributed by atoms with Gasteiger partial charge in [-0.25, -0.2) is 9.37 Å². The Labute approximate surface area is 105 Å². The molecule has 1 atom stereocenters. The fraction of sp³-hybridized carbons (Fsp3) is 0.462. The van der Waals surface area contributed by atoms with Crippen molar-refractivity contribution < 1.29 is 4.39 Å². The van der Waals surface area contributed by atoms with Gasteiger partial charge in [0.1, 0.15) is 12.2 Å². The molecule has 0 bridgehead atoms. The number of rotatable bonds is 2. The van der Waals surface area contributed by atoms with Gasteiger partial charge in [-0.05, 0) is 19.2 Å². The third-order valence-electron chi connectivity index (χ3n) is 3.72. The Kier molecular flexibility index (Phi) is 2.91. The number of aromatic amines is 1. The van der Waals surface area contributed by atoms with E-state index in [1.807, 2.05) is 19.2 Å². The van der Waals surface area contributed by atoms with E-state index in [0.717, 1.165) is 36.4 Å². The number of nitrogens with one attached hydrogen (secondary N) is 1. The van der Waals surface area contributed by atoms with Crippen LogP contribution >= 0.6 is 0 Å². The van der Waals surface area contributed by atoms with Crippen LogP contribution in [0.4, 0.5) is 10.1 Å². The zero-order valence-corrected chi connectivity index (χ0v) is 10.4. The predicted molar refractivity (Wildman–Crippen MR) is 70.7 cm³/mol. The molecule has 1 unspecified atom stereocenters. The molecular formula is C13H17FN4. The van der Waals surface area contributed by atoms with E-state index in [1.165, 1.54) is 0 Å². The topological polar surface area (TPSA) is 35.2 Å². The van der Waals surface area contributed by atoms with E-state index in [0.29, 0.717) is 0 Å². The second-order valence-corrected chi connectivity index (χ2v) is 4.81. The van der Waals surface area contributed by atoms with E-state index in [2.05, 4.69) is 25.8 Å². The number of imidazole rings is 1. The minimum Gasteiger partial charge on any atom is -0.367 e. The first-order valence-electron chi connectivity index (χ1n) is 6.23. The van der Waals surface area contributed by atoms with E-state index >= 15 is 0 Å². The van der Waals surface area contributed by atoms with Gasteiger partial charge in [-0.2, -0.15) is 0 Å². The van der Waals surface area contributed by atoms with Crippen LogP contribution in [0.3, 0.4) is 0 Å². The van der Waals surface area contributed by atoms with Crippen LogP contribution in [0.1, 0.15) is 0 Å². The molecule has 0 aliphatic carbocycles. The predicted octanol–water partition coefficient (Wildman–Crippen LogP) is 1.65. The molecule has 4 nitrogen and oxygen atoms in total. The number of anilines is 1. The molecule has 1 N–H and O–H groups in total. The number of aromatic nitrogens is 2. The molecular weight excluding hydrogens is 231 g/mol. The lowest BCUT2D eigenvalue weighted by Gasteiger charge is -2.39. The molecule has 5 heteroatoms. The first kappa shape index (κ1) is 11.5. The van der Waals surface area contributed by atoms with Crippen molar-refractivity contribution >= 4 is 16.7 Å². The van der Waals surface area contributed by atoms with Gasteiger partial charge in [0.05, 0.1) is 23.6 Å². The summed E-state index contributed by atoms with van der Waals surface area (Å²) in [4.78, 5) is 11.8. The number of benzene rings is 1.